The highest BCUT2D eigenvalue weighted by atomic mass is 19.4. The number of nitrogens with one attached hydrogen (secondary N) is 4. The van der Waals surface area contributed by atoms with E-state index in [0.29, 0.717) is 32.2 Å². The zero-order valence-electron chi connectivity index (χ0n) is 17.8. The van der Waals surface area contributed by atoms with Crippen molar-refractivity contribution in [1.82, 2.24) is 26.4 Å². The Kier molecular flexibility index (Phi) is 5.62. The lowest BCUT2D eigenvalue weighted by atomic mass is 9.96. The van der Waals surface area contributed by atoms with Gasteiger partial charge in [-0.3, -0.25) is 24.6 Å². The Labute approximate surface area is 183 Å². The monoisotopic (exact) mass is 459 g/mol. The van der Waals surface area contributed by atoms with E-state index < -0.39 is 41.4 Å². The van der Waals surface area contributed by atoms with Gasteiger partial charge in [0.1, 0.15) is 12.1 Å². The van der Waals surface area contributed by atoms with Gasteiger partial charge in [-0.1, -0.05) is 6.92 Å². The molecule has 3 atom stereocenters. The molecule has 2 aliphatic carbocycles. The molecule has 2 heterocycles. The topological polar surface area (TPSA) is 120 Å². The van der Waals surface area contributed by atoms with Gasteiger partial charge in [0, 0.05) is 19.6 Å². The van der Waals surface area contributed by atoms with Gasteiger partial charge in [0.2, 0.25) is 11.8 Å². The van der Waals surface area contributed by atoms with E-state index in [2.05, 4.69) is 16.2 Å². The van der Waals surface area contributed by atoms with Crippen molar-refractivity contribution < 1.29 is 32.3 Å². The molecule has 0 aromatic rings. The van der Waals surface area contributed by atoms with Gasteiger partial charge >= 0.3 is 12.1 Å². The fraction of sp³-hybridized carbons (Fsp3) is 0.800. The van der Waals surface area contributed by atoms with Crippen LogP contribution in [0.3, 0.4) is 0 Å². The predicted octanol–water partition coefficient (Wildman–Crippen LogP) is -0.0284. The highest BCUT2D eigenvalue weighted by Crippen LogP contribution is 2.56. The molecule has 9 nitrogen and oxygen atoms in total. The van der Waals surface area contributed by atoms with E-state index in [1.807, 2.05) is 5.32 Å². The minimum Gasteiger partial charge on any atom is -0.356 e. The second-order valence-corrected chi connectivity index (χ2v) is 9.89. The Morgan fingerprint density at radius 2 is 1.91 bits per heavy atom. The third kappa shape index (κ3) is 4.55. The second-order valence-electron chi connectivity index (χ2n) is 9.89. The molecule has 12 heteroatoms. The Morgan fingerprint density at radius 3 is 2.44 bits per heavy atom. The molecule has 4 fully saturated rings. The number of amides is 4. The molecule has 2 aliphatic heterocycles. The molecule has 0 radical (unpaired) electrons. The van der Waals surface area contributed by atoms with Crippen LogP contribution in [0.2, 0.25) is 0 Å². The summed E-state index contributed by atoms with van der Waals surface area (Å²) in [5.41, 5.74) is 4.35. The third-order valence-electron chi connectivity index (χ3n) is 7.29. The normalized spacial score (nSPS) is 28.2. The average Bonchev–Trinajstić information content (AvgIpc) is 3.56. The Hall–Kier alpha value is -2.37. The molecule has 4 N–H and O–H groups in total. The summed E-state index contributed by atoms with van der Waals surface area (Å²) in [6, 6.07) is -2.18. The summed E-state index contributed by atoms with van der Waals surface area (Å²) < 4.78 is 38.6. The molecule has 1 spiro atoms. The van der Waals surface area contributed by atoms with Crippen molar-refractivity contribution in [1.29, 1.82) is 0 Å². The molecular formula is C20H28F3N5O4. The van der Waals surface area contributed by atoms with Crippen LogP contribution in [0.15, 0.2) is 0 Å². The summed E-state index contributed by atoms with van der Waals surface area (Å²) in [7, 11) is 0. The van der Waals surface area contributed by atoms with Crippen molar-refractivity contribution in [2.75, 3.05) is 19.6 Å². The lowest BCUT2D eigenvalue weighted by molar-refractivity contribution is -0.175. The number of hydrogen-bond donors (Lipinski definition) is 4. The van der Waals surface area contributed by atoms with Crippen LogP contribution in [0, 0.1) is 16.7 Å². The number of likely N-dealkylation sites (tertiary alicyclic amines) is 1. The van der Waals surface area contributed by atoms with E-state index in [1.54, 1.807) is 6.92 Å². The van der Waals surface area contributed by atoms with Gasteiger partial charge in [0.15, 0.2) is 0 Å². The highest BCUT2D eigenvalue weighted by Gasteiger charge is 2.59. The van der Waals surface area contributed by atoms with Gasteiger partial charge in [0.05, 0.1) is 5.92 Å². The van der Waals surface area contributed by atoms with E-state index >= 15 is 0 Å². The molecule has 2 saturated heterocycles. The first-order valence-corrected chi connectivity index (χ1v) is 10.9. The minimum absolute atomic E-state index is 0.0951. The molecule has 4 amide bonds. The highest BCUT2D eigenvalue weighted by molar-refractivity contribution is 5.94. The number of rotatable bonds is 7. The second kappa shape index (κ2) is 7.89. The summed E-state index contributed by atoms with van der Waals surface area (Å²) >= 11 is 0. The maximum atomic E-state index is 13.3. The van der Waals surface area contributed by atoms with Crippen LogP contribution in [0.25, 0.3) is 0 Å². The Morgan fingerprint density at radius 1 is 1.22 bits per heavy atom. The standard InChI is InChI=1S/C20H28F3N5O4/c1-18(3-4-18)13(26-17(32)20(21,22)23)16(31)28-10-19(5-6-19)8-12(28)15(30)27-25-9-11-2-7-24-14(11)29/h11-13,25H,2-10H2,1H3,(H,24,29)(H,26,32)(H,27,30)/t11-,12-,13?/m0/s1. The smallest absolute Gasteiger partial charge is 0.356 e. The first kappa shape index (κ1) is 22.8. The van der Waals surface area contributed by atoms with Crippen LogP contribution in [0.5, 0.6) is 0 Å². The summed E-state index contributed by atoms with van der Waals surface area (Å²) in [4.78, 5) is 50.8. The molecule has 0 bridgehead atoms. The molecule has 1 unspecified atom stereocenters. The quantitative estimate of drug-likeness (QED) is 0.399. The lowest BCUT2D eigenvalue weighted by Crippen LogP contribution is -2.58. The van der Waals surface area contributed by atoms with Crippen molar-refractivity contribution in [3.8, 4) is 0 Å². The van der Waals surface area contributed by atoms with Crippen molar-refractivity contribution in [2.45, 2.75) is 63.7 Å². The lowest BCUT2D eigenvalue weighted by Gasteiger charge is -2.32. The third-order valence-corrected chi connectivity index (χ3v) is 7.29. The summed E-state index contributed by atoms with van der Waals surface area (Å²) in [5, 5.41) is 4.58. The Bertz CT molecular complexity index is 825. The largest absolute Gasteiger partial charge is 0.471 e. The fourth-order valence-electron chi connectivity index (χ4n) is 4.64. The van der Waals surface area contributed by atoms with Gasteiger partial charge in [-0.25, -0.2) is 5.43 Å². The van der Waals surface area contributed by atoms with Crippen LogP contribution >= 0.6 is 0 Å². The van der Waals surface area contributed by atoms with E-state index in [4.69, 9.17) is 0 Å². The van der Waals surface area contributed by atoms with E-state index in [9.17, 15) is 32.3 Å². The fourth-order valence-corrected chi connectivity index (χ4v) is 4.64. The molecular weight excluding hydrogens is 431 g/mol. The van der Waals surface area contributed by atoms with Crippen LogP contribution in [-0.4, -0.2) is 66.4 Å². The number of hydrogen-bond acceptors (Lipinski definition) is 5. The van der Waals surface area contributed by atoms with Gasteiger partial charge in [-0.2, -0.15) is 13.2 Å². The number of hydrazine groups is 1. The summed E-state index contributed by atoms with van der Waals surface area (Å²) in [6.45, 7) is 2.77. The maximum absolute atomic E-state index is 13.3. The number of carbonyl (C=O) groups excluding carboxylic acids is 4. The van der Waals surface area contributed by atoms with E-state index in [1.165, 1.54) is 4.90 Å². The predicted molar refractivity (Wildman–Crippen MR) is 104 cm³/mol. The van der Waals surface area contributed by atoms with Crippen LogP contribution in [-0.2, 0) is 19.2 Å². The van der Waals surface area contributed by atoms with Gasteiger partial charge < -0.3 is 15.5 Å². The van der Waals surface area contributed by atoms with Crippen molar-refractivity contribution in [3.63, 3.8) is 0 Å². The number of halogens is 3. The van der Waals surface area contributed by atoms with Crippen molar-refractivity contribution in [2.24, 2.45) is 16.7 Å². The molecule has 0 aromatic heterocycles. The van der Waals surface area contributed by atoms with Gasteiger partial charge in [-0.15, -0.1) is 0 Å². The molecule has 0 aromatic carbocycles. The SMILES string of the molecule is CC1(C(NC(=O)C(F)(F)F)C(=O)N2CC3(CC3)C[C@H]2C(=O)NNC[C@@H]2CCNC2=O)CC1. The maximum Gasteiger partial charge on any atom is 0.471 e. The average molecular weight is 459 g/mol. The molecule has 4 aliphatic rings. The van der Waals surface area contributed by atoms with Crippen LogP contribution in [0.4, 0.5) is 13.2 Å². The van der Waals surface area contributed by atoms with E-state index in [0.717, 1.165) is 12.8 Å². The number of nitrogens with zero attached hydrogens (tertiary/aromatic N) is 1. The molecule has 32 heavy (non-hydrogen) atoms. The summed E-state index contributed by atoms with van der Waals surface area (Å²) in [6.07, 6.45) is -1.31. The van der Waals surface area contributed by atoms with E-state index in [-0.39, 0.29) is 30.3 Å². The molecule has 4 rings (SSSR count). The zero-order chi connectivity index (χ0) is 23.3. The number of carbonyl (C=O) groups is 4. The first-order valence-electron chi connectivity index (χ1n) is 10.9. The Balaban J connectivity index is 1.43. The van der Waals surface area contributed by atoms with Gasteiger partial charge in [-0.05, 0) is 49.4 Å². The molecule has 178 valence electrons. The minimum atomic E-state index is -5.10. The zero-order valence-corrected chi connectivity index (χ0v) is 17.8. The number of alkyl halides is 3. The first-order chi connectivity index (χ1) is 14.9. The molecule has 2 saturated carbocycles. The van der Waals surface area contributed by atoms with Gasteiger partial charge in [0.25, 0.3) is 5.91 Å². The van der Waals surface area contributed by atoms with Crippen LogP contribution < -0.4 is 21.5 Å². The van der Waals surface area contributed by atoms with Crippen molar-refractivity contribution >= 4 is 23.6 Å². The van der Waals surface area contributed by atoms with Crippen LogP contribution in [0.1, 0.15) is 45.4 Å². The van der Waals surface area contributed by atoms with Crippen molar-refractivity contribution in [3.05, 3.63) is 0 Å². The summed E-state index contributed by atoms with van der Waals surface area (Å²) in [5.74, 6) is -3.63.